The van der Waals surface area contributed by atoms with E-state index in [-0.39, 0.29) is 12.5 Å². The highest BCUT2D eigenvalue weighted by molar-refractivity contribution is 5.77. The number of benzene rings is 2. The maximum absolute atomic E-state index is 11.8. The Morgan fingerprint density at radius 3 is 2.38 bits per heavy atom. The quantitative estimate of drug-likeness (QED) is 0.757. The second-order valence-electron chi connectivity index (χ2n) is 5.32. The Labute approximate surface area is 141 Å². The van der Waals surface area contributed by atoms with E-state index in [2.05, 4.69) is 22.4 Å². The summed E-state index contributed by atoms with van der Waals surface area (Å²) in [6.45, 7) is 0.438. The summed E-state index contributed by atoms with van der Waals surface area (Å²) in [4.78, 5) is 15.8. The third-order valence-corrected chi connectivity index (χ3v) is 3.54. The van der Waals surface area contributed by atoms with E-state index in [1.165, 1.54) is 0 Å². The van der Waals surface area contributed by atoms with Gasteiger partial charge in [-0.3, -0.25) is 9.78 Å². The van der Waals surface area contributed by atoms with Crippen molar-refractivity contribution in [1.29, 1.82) is 0 Å². The Kier molecular flexibility index (Phi) is 5.20. The predicted molar refractivity (Wildman–Crippen MR) is 93.5 cm³/mol. The second-order valence-corrected chi connectivity index (χ2v) is 5.32. The van der Waals surface area contributed by atoms with Crippen LogP contribution < -0.4 is 10.1 Å². The highest BCUT2D eigenvalue weighted by atomic mass is 16.5. The lowest BCUT2D eigenvalue weighted by atomic mass is 10.1. The van der Waals surface area contributed by atoms with Gasteiger partial charge in [-0.15, -0.1) is 0 Å². The number of carbonyl (C=O) groups excluding carboxylic acids is 1. The number of hydrogen-bond acceptors (Lipinski definition) is 3. The average Bonchev–Trinajstić information content (AvgIpc) is 2.67. The molecule has 0 saturated heterocycles. The Bertz CT molecular complexity index is 772. The minimum Gasteiger partial charge on any atom is -0.484 e. The maximum Gasteiger partial charge on any atom is 0.258 e. The first kappa shape index (κ1) is 15.7. The van der Waals surface area contributed by atoms with Crippen molar-refractivity contribution in [3.05, 3.63) is 84.7 Å². The lowest BCUT2D eigenvalue weighted by molar-refractivity contribution is -0.123. The van der Waals surface area contributed by atoms with Crippen LogP contribution in [0.1, 0.15) is 5.56 Å². The van der Waals surface area contributed by atoms with Crippen molar-refractivity contribution < 1.29 is 9.53 Å². The SMILES string of the molecule is O=C(COc1ccc(-c2ccccc2)cc1)NCc1cccnc1. The smallest absolute Gasteiger partial charge is 0.258 e. The summed E-state index contributed by atoms with van der Waals surface area (Å²) < 4.78 is 5.52. The average molecular weight is 318 g/mol. The number of carbonyl (C=O) groups is 1. The molecular weight excluding hydrogens is 300 g/mol. The fourth-order valence-corrected chi connectivity index (χ4v) is 2.28. The van der Waals surface area contributed by atoms with Crippen LogP contribution in [0.5, 0.6) is 5.75 Å². The standard InChI is InChI=1S/C20H18N2O2/c23-20(22-14-16-5-4-12-21-13-16)15-24-19-10-8-18(9-11-19)17-6-2-1-3-7-17/h1-13H,14-15H2,(H,22,23). The van der Waals surface area contributed by atoms with Crippen molar-refractivity contribution in [2.75, 3.05) is 6.61 Å². The molecule has 4 nitrogen and oxygen atoms in total. The summed E-state index contributed by atoms with van der Waals surface area (Å²) in [5, 5.41) is 2.80. The van der Waals surface area contributed by atoms with E-state index in [9.17, 15) is 4.79 Å². The van der Waals surface area contributed by atoms with Crippen LogP contribution in [0.25, 0.3) is 11.1 Å². The number of nitrogens with one attached hydrogen (secondary N) is 1. The van der Waals surface area contributed by atoms with Crippen molar-refractivity contribution in [2.24, 2.45) is 0 Å². The maximum atomic E-state index is 11.8. The van der Waals surface area contributed by atoms with Crippen molar-refractivity contribution >= 4 is 5.91 Å². The molecular formula is C20H18N2O2. The Hall–Kier alpha value is -3.14. The summed E-state index contributed by atoms with van der Waals surface area (Å²) in [5.41, 5.74) is 3.22. The normalized spacial score (nSPS) is 10.2. The molecule has 0 fully saturated rings. The fraction of sp³-hybridized carbons (Fsp3) is 0.100. The predicted octanol–water partition coefficient (Wildman–Crippen LogP) is 3.44. The summed E-state index contributed by atoms with van der Waals surface area (Å²) in [6, 6.07) is 21.6. The first-order valence-corrected chi connectivity index (χ1v) is 7.75. The molecule has 1 heterocycles. The van der Waals surface area contributed by atoms with Crippen LogP contribution in [0.15, 0.2) is 79.1 Å². The molecule has 1 N–H and O–H groups in total. The molecule has 0 aliphatic rings. The lowest BCUT2D eigenvalue weighted by Gasteiger charge is -2.08. The molecule has 3 rings (SSSR count). The molecule has 0 aliphatic heterocycles. The molecule has 0 atom stereocenters. The molecule has 4 heteroatoms. The molecule has 120 valence electrons. The minimum absolute atomic E-state index is 0.00898. The molecule has 0 unspecified atom stereocenters. The Morgan fingerprint density at radius 2 is 1.67 bits per heavy atom. The van der Waals surface area contributed by atoms with Gasteiger partial charge < -0.3 is 10.1 Å². The first-order chi connectivity index (χ1) is 11.8. The number of pyridine rings is 1. The van der Waals surface area contributed by atoms with Crippen molar-refractivity contribution in [1.82, 2.24) is 10.3 Å². The molecule has 24 heavy (non-hydrogen) atoms. The van der Waals surface area contributed by atoms with Crippen LogP contribution in [0.3, 0.4) is 0 Å². The first-order valence-electron chi connectivity index (χ1n) is 7.75. The summed E-state index contributed by atoms with van der Waals surface area (Å²) >= 11 is 0. The van der Waals surface area contributed by atoms with Gasteiger partial charge in [0.2, 0.25) is 0 Å². The van der Waals surface area contributed by atoms with Gasteiger partial charge in [0.15, 0.2) is 6.61 Å². The summed E-state index contributed by atoms with van der Waals surface area (Å²) in [5.74, 6) is 0.511. The summed E-state index contributed by atoms with van der Waals surface area (Å²) in [6.07, 6.45) is 3.43. The largest absolute Gasteiger partial charge is 0.484 e. The van der Waals surface area contributed by atoms with Crippen molar-refractivity contribution in [3.8, 4) is 16.9 Å². The molecule has 0 saturated carbocycles. The highest BCUT2D eigenvalue weighted by Crippen LogP contribution is 2.21. The van der Waals surface area contributed by atoms with Crippen LogP contribution in [0.4, 0.5) is 0 Å². The van der Waals surface area contributed by atoms with E-state index in [1.807, 2.05) is 54.6 Å². The van der Waals surface area contributed by atoms with Crippen LogP contribution in [0, 0.1) is 0 Å². The Balaban J connectivity index is 1.49. The molecule has 3 aromatic rings. The topological polar surface area (TPSA) is 51.2 Å². The van der Waals surface area contributed by atoms with E-state index in [0.717, 1.165) is 16.7 Å². The van der Waals surface area contributed by atoms with Gasteiger partial charge in [-0.25, -0.2) is 0 Å². The fourth-order valence-electron chi connectivity index (χ4n) is 2.28. The zero-order chi connectivity index (χ0) is 16.6. The number of rotatable bonds is 6. The number of aromatic nitrogens is 1. The zero-order valence-corrected chi connectivity index (χ0v) is 13.2. The molecule has 0 aliphatic carbocycles. The van der Waals surface area contributed by atoms with Gasteiger partial charge in [-0.1, -0.05) is 48.5 Å². The third-order valence-electron chi connectivity index (χ3n) is 3.54. The zero-order valence-electron chi connectivity index (χ0n) is 13.2. The number of nitrogens with zero attached hydrogens (tertiary/aromatic N) is 1. The second kappa shape index (κ2) is 7.92. The van der Waals surface area contributed by atoms with Crippen molar-refractivity contribution in [2.45, 2.75) is 6.54 Å². The molecule has 1 amide bonds. The van der Waals surface area contributed by atoms with Gasteiger partial charge in [0.05, 0.1) is 0 Å². The minimum atomic E-state index is -0.161. The molecule has 1 aromatic heterocycles. The highest BCUT2D eigenvalue weighted by Gasteiger charge is 2.03. The van der Waals surface area contributed by atoms with Crippen LogP contribution in [-0.4, -0.2) is 17.5 Å². The molecule has 0 spiro atoms. The van der Waals surface area contributed by atoms with Gasteiger partial charge >= 0.3 is 0 Å². The van der Waals surface area contributed by atoms with E-state index < -0.39 is 0 Å². The van der Waals surface area contributed by atoms with Crippen LogP contribution in [-0.2, 0) is 11.3 Å². The molecule has 2 aromatic carbocycles. The van der Waals surface area contributed by atoms with Crippen LogP contribution in [0.2, 0.25) is 0 Å². The number of amides is 1. The van der Waals surface area contributed by atoms with E-state index >= 15 is 0 Å². The van der Waals surface area contributed by atoms with E-state index in [0.29, 0.717) is 12.3 Å². The van der Waals surface area contributed by atoms with Gasteiger partial charge in [0.1, 0.15) is 5.75 Å². The van der Waals surface area contributed by atoms with Gasteiger partial charge in [-0.05, 0) is 34.9 Å². The van der Waals surface area contributed by atoms with E-state index in [1.54, 1.807) is 12.4 Å². The third kappa shape index (κ3) is 4.43. The number of ether oxygens (including phenoxy) is 1. The van der Waals surface area contributed by atoms with E-state index in [4.69, 9.17) is 4.74 Å². The van der Waals surface area contributed by atoms with Gasteiger partial charge in [0, 0.05) is 18.9 Å². The van der Waals surface area contributed by atoms with Gasteiger partial charge in [-0.2, -0.15) is 0 Å². The monoisotopic (exact) mass is 318 g/mol. The van der Waals surface area contributed by atoms with Gasteiger partial charge in [0.25, 0.3) is 5.91 Å². The Morgan fingerprint density at radius 1 is 0.917 bits per heavy atom. The number of hydrogen-bond donors (Lipinski definition) is 1. The molecule has 0 bridgehead atoms. The lowest BCUT2D eigenvalue weighted by Crippen LogP contribution is -2.28. The summed E-state index contributed by atoms with van der Waals surface area (Å²) in [7, 11) is 0. The van der Waals surface area contributed by atoms with Crippen LogP contribution >= 0.6 is 0 Å². The molecule has 0 radical (unpaired) electrons. The van der Waals surface area contributed by atoms with Crippen molar-refractivity contribution in [3.63, 3.8) is 0 Å².